The van der Waals surface area contributed by atoms with Crippen molar-refractivity contribution in [2.24, 2.45) is 5.92 Å². The van der Waals surface area contributed by atoms with E-state index in [1.165, 1.54) is 45.1 Å². The fraction of sp³-hybridized carbons (Fsp3) is 0.933. The van der Waals surface area contributed by atoms with E-state index in [1.54, 1.807) is 0 Å². The summed E-state index contributed by atoms with van der Waals surface area (Å²) in [6.07, 6.45) is 9.98. The lowest BCUT2D eigenvalue weighted by Gasteiger charge is -2.44. The van der Waals surface area contributed by atoms with Gasteiger partial charge in [-0.2, -0.15) is 0 Å². The predicted molar refractivity (Wildman–Crippen MR) is 70.2 cm³/mol. The number of hydrogen-bond acceptors (Lipinski definition) is 2. The molecule has 4 heterocycles. The van der Waals surface area contributed by atoms with Crippen molar-refractivity contribution in [2.45, 2.75) is 69.5 Å². The first kappa shape index (κ1) is 11.3. The minimum atomic E-state index is 0.446. The molecule has 18 heavy (non-hydrogen) atoms. The van der Waals surface area contributed by atoms with E-state index in [-0.39, 0.29) is 0 Å². The topological polar surface area (TPSA) is 23.6 Å². The molecule has 0 spiro atoms. The Morgan fingerprint density at radius 2 is 1.89 bits per heavy atom. The van der Waals surface area contributed by atoms with Gasteiger partial charge in [-0.1, -0.05) is 6.42 Å². The van der Waals surface area contributed by atoms with E-state index < -0.39 is 0 Å². The van der Waals surface area contributed by atoms with Crippen molar-refractivity contribution in [3.63, 3.8) is 0 Å². The van der Waals surface area contributed by atoms with Crippen LogP contribution in [0.1, 0.15) is 51.4 Å². The molecular weight excluding hydrogens is 224 g/mol. The van der Waals surface area contributed by atoms with Gasteiger partial charge in [0.1, 0.15) is 0 Å². The maximum Gasteiger partial charge on any atom is 0.222 e. The first-order valence-electron chi connectivity index (χ1n) is 7.88. The van der Waals surface area contributed by atoms with Crippen molar-refractivity contribution < 1.29 is 4.79 Å². The van der Waals surface area contributed by atoms with Crippen LogP contribution in [0.4, 0.5) is 0 Å². The zero-order chi connectivity index (χ0) is 12.1. The fourth-order valence-electron chi connectivity index (χ4n) is 5.07. The highest BCUT2D eigenvalue weighted by atomic mass is 16.2. The molecule has 0 saturated carbocycles. The number of fused-ring (bicyclic) bond motifs is 1. The molecule has 2 unspecified atom stereocenters. The summed E-state index contributed by atoms with van der Waals surface area (Å²) in [5, 5.41) is 0. The quantitative estimate of drug-likeness (QED) is 0.655. The molecule has 0 aromatic rings. The normalized spacial score (nSPS) is 47.4. The average Bonchev–Trinajstić information content (AvgIpc) is 2.58. The molecule has 4 bridgehead atoms. The van der Waals surface area contributed by atoms with Crippen LogP contribution in [0.2, 0.25) is 0 Å². The Kier molecular flexibility index (Phi) is 2.65. The van der Waals surface area contributed by atoms with Crippen molar-refractivity contribution in [1.82, 2.24) is 9.80 Å². The minimum absolute atomic E-state index is 0.446. The molecule has 5 atom stereocenters. The van der Waals surface area contributed by atoms with Crippen LogP contribution >= 0.6 is 0 Å². The molecule has 4 aliphatic heterocycles. The summed E-state index contributed by atoms with van der Waals surface area (Å²) in [5.41, 5.74) is 0. The molecule has 100 valence electrons. The summed E-state index contributed by atoms with van der Waals surface area (Å²) in [7, 11) is 0. The summed E-state index contributed by atoms with van der Waals surface area (Å²) < 4.78 is 0. The summed E-state index contributed by atoms with van der Waals surface area (Å²) in [4.78, 5) is 17.3. The Bertz CT molecular complexity index is 356. The molecule has 3 heteroatoms. The molecule has 0 aromatic heterocycles. The second-order valence-corrected chi connectivity index (χ2v) is 6.77. The van der Waals surface area contributed by atoms with E-state index >= 15 is 0 Å². The number of carbonyl (C=O) groups is 1. The van der Waals surface area contributed by atoms with Crippen LogP contribution in [0.15, 0.2) is 0 Å². The number of amides is 1. The smallest absolute Gasteiger partial charge is 0.222 e. The van der Waals surface area contributed by atoms with E-state index in [0.29, 0.717) is 11.9 Å². The van der Waals surface area contributed by atoms with Gasteiger partial charge in [0.15, 0.2) is 0 Å². The van der Waals surface area contributed by atoms with Crippen LogP contribution < -0.4 is 0 Å². The zero-order valence-electron chi connectivity index (χ0n) is 11.2. The summed E-state index contributed by atoms with van der Waals surface area (Å²) in [6, 6.07) is 2.22. The van der Waals surface area contributed by atoms with Crippen LogP contribution in [0.5, 0.6) is 0 Å². The monoisotopic (exact) mass is 248 g/mol. The SMILES string of the molecule is O=C1CCC[C@@H]2CCN3C4CCC[C@@H]3[C@@H](C4)CN12. The van der Waals surface area contributed by atoms with Crippen LogP contribution in [0.3, 0.4) is 0 Å². The highest BCUT2D eigenvalue weighted by Crippen LogP contribution is 2.42. The molecule has 4 saturated heterocycles. The van der Waals surface area contributed by atoms with E-state index in [9.17, 15) is 4.79 Å². The lowest BCUT2D eigenvalue weighted by molar-refractivity contribution is -0.138. The number of hydrogen-bond donors (Lipinski definition) is 0. The minimum Gasteiger partial charge on any atom is -0.339 e. The lowest BCUT2D eigenvalue weighted by Crippen LogP contribution is -2.52. The fourth-order valence-corrected chi connectivity index (χ4v) is 5.07. The van der Waals surface area contributed by atoms with Crippen LogP contribution in [0.25, 0.3) is 0 Å². The van der Waals surface area contributed by atoms with Crippen molar-refractivity contribution in [2.75, 3.05) is 13.1 Å². The second kappa shape index (κ2) is 4.22. The van der Waals surface area contributed by atoms with E-state index in [1.807, 2.05) is 0 Å². The van der Waals surface area contributed by atoms with Gasteiger partial charge in [-0.25, -0.2) is 0 Å². The third-order valence-electron chi connectivity index (χ3n) is 5.89. The van der Waals surface area contributed by atoms with Gasteiger partial charge >= 0.3 is 0 Å². The molecule has 3 nitrogen and oxygen atoms in total. The number of rotatable bonds is 0. The van der Waals surface area contributed by atoms with Crippen molar-refractivity contribution in [3.05, 3.63) is 0 Å². The highest BCUT2D eigenvalue weighted by Gasteiger charge is 2.46. The Morgan fingerprint density at radius 3 is 2.83 bits per heavy atom. The Labute approximate surface area is 110 Å². The largest absolute Gasteiger partial charge is 0.339 e. The second-order valence-electron chi connectivity index (χ2n) is 6.77. The van der Waals surface area contributed by atoms with Crippen molar-refractivity contribution in [1.29, 1.82) is 0 Å². The molecule has 0 aliphatic carbocycles. The average molecular weight is 248 g/mol. The maximum absolute atomic E-state index is 12.2. The molecule has 0 radical (unpaired) electrons. The third kappa shape index (κ3) is 1.63. The first-order valence-corrected chi connectivity index (χ1v) is 7.88. The van der Waals surface area contributed by atoms with E-state index in [2.05, 4.69) is 9.80 Å². The first-order chi connectivity index (χ1) is 8.83. The van der Waals surface area contributed by atoms with Crippen LogP contribution in [-0.2, 0) is 4.79 Å². The standard InChI is InChI=1S/C15H24N2O/c18-15-6-2-3-12-7-8-16-13-4-1-5-14(16)11(9-13)10-17(12)15/h11-14H,1-10H2/t11-,12+,13?,14+/m0/s1. The summed E-state index contributed by atoms with van der Waals surface area (Å²) in [6.45, 7) is 2.32. The van der Waals surface area contributed by atoms with Gasteiger partial charge in [-0.3, -0.25) is 9.69 Å². The summed E-state index contributed by atoms with van der Waals surface area (Å²) in [5.74, 6) is 1.23. The molecular formula is C15H24N2O. The van der Waals surface area contributed by atoms with Gasteiger partial charge in [0.05, 0.1) is 0 Å². The highest BCUT2D eigenvalue weighted by molar-refractivity contribution is 5.77. The molecule has 4 aliphatic rings. The van der Waals surface area contributed by atoms with Gasteiger partial charge < -0.3 is 4.90 Å². The number of carbonyl (C=O) groups excluding carboxylic acids is 1. The third-order valence-corrected chi connectivity index (χ3v) is 5.89. The predicted octanol–water partition coefficient (Wildman–Crippen LogP) is 2.01. The maximum atomic E-state index is 12.2. The molecule has 4 fully saturated rings. The summed E-state index contributed by atoms with van der Waals surface area (Å²) >= 11 is 0. The molecule has 1 amide bonds. The zero-order valence-corrected chi connectivity index (χ0v) is 11.2. The van der Waals surface area contributed by atoms with Gasteiger partial charge in [0, 0.05) is 37.6 Å². The van der Waals surface area contributed by atoms with Gasteiger partial charge in [-0.05, 0) is 44.4 Å². The van der Waals surface area contributed by atoms with Gasteiger partial charge in [0.2, 0.25) is 5.91 Å². The molecule has 0 aromatic carbocycles. The van der Waals surface area contributed by atoms with Crippen LogP contribution in [-0.4, -0.2) is 46.9 Å². The number of piperidine rings is 2. The van der Waals surface area contributed by atoms with Crippen molar-refractivity contribution >= 4 is 5.91 Å². The lowest BCUT2D eigenvalue weighted by atomic mass is 9.90. The molecule has 0 N–H and O–H groups in total. The number of nitrogens with zero attached hydrogens (tertiary/aromatic N) is 2. The Hall–Kier alpha value is -0.570. The van der Waals surface area contributed by atoms with E-state index in [0.717, 1.165) is 37.4 Å². The Morgan fingerprint density at radius 1 is 1.00 bits per heavy atom. The van der Waals surface area contributed by atoms with Gasteiger partial charge in [-0.15, -0.1) is 0 Å². The Balaban J connectivity index is 1.60. The molecule has 4 rings (SSSR count). The van der Waals surface area contributed by atoms with Crippen LogP contribution in [0, 0.1) is 5.92 Å². The van der Waals surface area contributed by atoms with Crippen molar-refractivity contribution in [3.8, 4) is 0 Å². The van der Waals surface area contributed by atoms with E-state index in [4.69, 9.17) is 0 Å². The van der Waals surface area contributed by atoms with Gasteiger partial charge in [0.25, 0.3) is 0 Å².